The largest absolute Gasteiger partial charge is 0.472 e. The molecule has 3 aromatic heterocycles. The van der Waals surface area contributed by atoms with Crippen molar-refractivity contribution in [3.63, 3.8) is 0 Å². The number of para-hydroxylation sites is 1. The molecule has 1 aromatic carbocycles. The van der Waals surface area contributed by atoms with Gasteiger partial charge in [-0.3, -0.25) is 4.79 Å². The van der Waals surface area contributed by atoms with Crippen LogP contribution in [0.5, 0.6) is 0 Å². The van der Waals surface area contributed by atoms with Gasteiger partial charge in [-0.1, -0.05) is 30.0 Å². The second kappa shape index (κ2) is 7.45. The van der Waals surface area contributed by atoms with Gasteiger partial charge in [-0.05, 0) is 18.2 Å². The van der Waals surface area contributed by atoms with E-state index < -0.39 is 0 Å². The molecule has 0 saturated carbocycles. The number of carbonyl (C=O) groups excluding carboxylic acids is 1. The molecule has 0 saturated heterocycles. The number of hydrogen-bond acceptors (Lipinski definition) is 6. The van der Waals surface area contributed by atoms with Crippen molar-refractivity contribution in [3.05, 3.63) is 78.2 Å². The lowest BCUT2D eigenvalue weighted by Crippen LogP contribution is -2.23. The predicted octanol–water partition coefficient (Wildman–Crippen LogP) is 4.04. The Bertz CT molecular complexity index is 1010. The van der Waals surface area contributed by atoms with Crippen molar-refractivity contribution in [1.29, 1.82) is 0 Å². The average Bonchev–Trinajstić information content (AvgIpc) is 3.33. The topological polar surface area (TPSA) is 81.2 Å². The Morgan fingerprint density at radius 2 is 1.96 bits per heavy atom. The highest BCUT2D eigenvalue weighted by molar-refractivity contribution is 7.98. The number of fused-ring (bicyclic) bond motifs is 1. The van der Waals surface area contributed by atoms with Gasteiger partial charge in [0.1, 0.15) is 5.58 Å². The molecule has 4 aromatic rings. The molecule has 0 aliphatic rings. The van der Waals surface area contributed by atoms with Gasteiger partial charge in [0, 0.05) is 41.2 Å². The summed E-state index contributed by atoms with van der Waals surface area (Å²) < 4.78 is 10.8. The SMILES string of the molecule is O=C(NCc1ccoc1)c1oc2ccccc2c1CSc1ncccn1. The van der Waals surface area contributed by atoms with Crippen molar-refractivity contribution >= 4 is 28.6 Å². The van der Waals surface area contributed by atoms with E-state index in [-0.39, 0.29) is 5.91 Å². The molecule has 1 N–H and O–H groups in total. The van der Waals surface area contributed by atoms with E-state index in [1.807, 2.05) is 30.3 Å². The summed E-state index contributed by atoms with van der Waals surface area (Å²) in [6.45, 7) is 0.376. The molecule has 0 bridgehead atoms. The van der Waals surface area contributed by atoms with Gasteiger partial charge < -0.3 is 14.2 Å². The van der Waals surface area contributed by atoms with Crippen LogP contribution in [0.25, 0.3) is 11.0 Å². The Kier molecular flexibility index (Phi) is 4.70. The highest BCUT2D eigenvalue weighted by atomic mass is 32.2. The molecule has 0 aliphatic carbocycles. The number of nitrogens with zero attached hydrogens (tertiary/aromatic N) is 2. The zero-order chi connectivity index (χ0) is 17.8. The molecule has 0 spiro atoms. The van der Waals surface area contributed by atoms with E-state index in [4.69, 9.17) is 8.83 Å². The molecule has 1 amide bonds. The molecule has 0 atom stereocenters. The number of amides is 1. The van der Waals surface area contributed by atoms with E-state index in [1.165, 1.54) is 11.8 Å². The van der Waals surface area contributed by atoms with Gasteiger partial charge in [-0.15, -0.1) is 0 Å². The van der Waals surface area contributed by atoms with E-state index in [9.17, 15) is 4.79 Å². The standard InChI is InChI=1S/C19H15N3O3S/c23-18(22-10-13-6-9-24-11-13)17-15(12-26-19-20-7-3-8-21-19)14-4-1-2-5-16(14)25-17/h1-9,11H,10,12H2,(H,22,23). The number of rotatable bonds is 6. The summed E-state index contributed by atoms with van der Waals surface area (Å²) in [5.41, 5.74) is 2.41. The Labute approximate surface area is 153 Å². The van der Waals surface area contributed by atoms with Crippen molar-refractivity contribution < 1.29 is 13.6 Å². The normalized spacial score (nSPS) is 10.9. The predicted molar refractivity (Wildman–Crippen MR) is 97.7 cm³/mol. The van der Waals surface area contributed by atoms with Crippen LogP contribution in [0.1, 0.15) is 21.7 Å². The molecular weight excluding hydrogens is 350 g/mol. The maximum Gasteiger partial charge on any atom is 0.287 e. The molecule has 6 nitrogen and oxygen atoms in total. The summed E-state index contributed by atoms with van der Waals surface area (Å²) in [4.78, 5) is 21.1. The third kappa shape index (κ3) is 3.48. The minimum absolute atomic E-state index is 0.257. The van der Waals surface area contributed by atoms with Crippen molar-refractivity contribution in [2.75, 3.05) is 0 Å². The molecule has 0 fully saturated rings. The first-order chi connectivity index (χ1) is 12.8. The molecule has 4 rings (SSSR count). The van der Waals surface area contributed by atoms with Crippen LogP contribution >= 0.6 is 11.8 Å². The van der Waals surface area contributed by atoms with Crippen molar-refractivity contribution in [1.82, 2.24) is 15.3 Å². The fourth-order valence-corrected chi connectivity index (χ4v) is 3.41. The summed E-state index contributed by atoms with van der Waals surface area (Å²) in [5, 5.41) is 4.44. The summed E-state index contributed by atoms with van der Waals surface area (Å²) in [5.74, 6) is 0.597. The van der Waals surface area contributed by atoms with Gasteiger partial charge >= 0.3 is 0 Å². The molecule has 130 valence electrons. The van der Waals surface area contributed by atoms with E-state index in [0.29, 0.717) is 28.8 Å². The lowest BCUT2D eigenvalue weighted by molar-refractivity contribution is 0.0924. The first kappa shape index (κ1) is 16.4. The zero-order valence-electron chi connectivity index (χ0n) is 13.7. The second-order valence-electron chi connectivity index (χ2n) is 5.54. The average molecular weight is 365 g/mol. The summed E-state index contributed by atoms with van der Waals surface area (Å²) >= 11 is 1.46. The number of carbonyl (C=O) groups is 1. The second-order valence-corrected chi connectivity index (χ2v) is 6.48. The molecular formula is C19H15N3O3S. The van der Waals surface area contributed by atoms with E-state index >= 15 is 0 Å². The molecule has 7 heteroatoms. The minimum Gasteiger partial charge on any atom is -0.472 e. The Balaban J connectivity index is 1.59. The molecule has 26 heavy (non-hydrogen) atoms. The Morgan fingerprint density at radius 1 is 1.12 bits per heavy atom. The maximum atomic E-state index is 12.7. The fraction of sp³-hybridized carbons (Fsp3) is 0.105. The van der Waals surface area contributed by atoms with Crippen LogP contribution in [0.3, 0.4) is 0 Å². The molecule has 0 radical (unpaired) electrons. The van der Waals surface area contributed by atoms with Crippen molar-refractivity contribution in [2.24, 2.45) is 0 Å². The van der Waals surface area contributed by atoms with Gasteiger partial charge in [-0.2, -0.15) is 0 Å². The van der Waals surface area contributed by atoms with E-state index in [2.05, 4.69) is 15.3 Å². The number of hydrogen-bond donors (Lipinski definition) is 1. The van der Waals surface area contributed by atoms with E-state index in [0.717, 1.165) is 16.5 Å². The monoisotopic (exact) mass is 365 g/mol. The van der Waals surface area contributed by atoms with Crippen LogP contribution in [0.2, 0.25) is 0 Å². The molecule has 0 unspecified atom stereocenters. The highest BCUT2D eigenvalue weighted by Crippen LogP contribution is 2.31. The third-order valence-electron chi connectivity index (χ3n) is 3.83. The van der Waals surface area contributed by atoms with Crippen molar-refractivity contribution in [2.45, 2.75) is 17.5 Å². The molecule has 0 aliphatic heterocycles. The molecule has 3 heterocycles. The summed E-state index contributed by atoms with van der Waals surface area (Å²) in [6, 6.07) is 11.2. The van der Waals surface area contributed by atoms with Gasteiger partial charge in [0.2, 0.25) is 0 Å². The fourth-order valence-electron chi connectivity index (χ4n) is 2.58. The Hall–Kier alpha value is -3.06. The van der Waals surface area contributed by atoms with Crippen LogP contribution in [0.15, 0.2) is 75.3 Å². The lowest BCUT2D eigenvalue weighted by atomic mass is 10.1. The summed E-state index contributed by atoms with van der Waals surface area (Å²) in [7, 11) is 0. The third-order valence-corrected chi connectivity index (χ3v) is 4.73. The van der Waals surface area contributed by atoms with Crippen LogP contribution in [-0.4, -0.2) is 15.9 Å². The van der Waals surface area contributed by atoms with Gasteiger partial charge in [-0.25, -0.2) is 9.97 Å². The summed E-state index contributed by atoms with van der Waals surface area (Å²) in [6.07, 6.45) is 6.57. The highest BCUT2D eigenvalue weighted by Gasteiger charge is 2.20. The number of nitrogens with one attached hydrogen (secondary N) is 1. The maximum absolute atomic E-state index is 12.7. The van der Waals surface area contributed by atoms with Gasteiger partial charge in [0.25, 0.3) is 5.91 Å². The number of benzene rings is 1. The smallest absolute Gasteiger partial charge is 0.287 e. The van der Waals surface area contributed by atoms with Crippen LogP contribution < -0.4 is 5.32 Å². The van der Waals surface area contributed by atoms with Gasteiger partial charge in [0.15, 0.2) is 10.9 Å². The minimum atomic E-state index is -0.257. The van der Waals surface area contributed by atoms with Crippen LogP contribution in [0.4, 0.5) is 0 Å². The zero-order valence-corrected chi connectivity index (χ0v) is 14.5. The van der Waals surface area contributed by atoms with Crippen LogP contribution in [-0.2, 0) is 12.3 Å². The van der Waals surface area contributed by atoms with Crippen molar-refractivity contribution in [3.8, 4) is 0 Å². The lowest BCUT2D eigenvalue weighted by Gasteiger charge is -2.04. The quantitative estimate of drug-likeness (QED) is 0.410. The first-order valence-corrected chi connectivity index (χ1v) is 8.99. The number of thioether (sulfide) groups is 1. The Morgan fingerprint density at radius 3 is 2.77 bits per heavy atom. The first-order valence-electron chi connectivity index (χ1n) is 8.01. The van der Waals surface area contributed by atoms with E-state index in [1.54, 1.807) is 31.0 Å². The van der Waals surface area contributed by atoms with Crippen LogP contribution in [0, 0.1) is 0 Å². The van der Waals surface area contributed by atoms with Gasteiger partial charge in [0.05, 0.1) is 12.5 Å². The number of furan rings is 2. The number of aromatic nitrogens is 2.